The third kappa shape index (κ3) is 4.62. The summed E-state index contributed by atoms with van der Waals surface area (Å²) in [7, 11) is 0. The van der Waals surface area contributed by atoms with E-state index in [0.717, 1.165) is 38.5 Å². The van der Waals surface area contributed by atoms with Crippen LogP contribution in [0.1, 0.15) is 82.3 Å². The van der Waals surface area contributed by atoms with Gasteiger partial charge in [0.2, 0.25) is 0 Å². The Balaban J connectivity index is 1.39. The van der Waals surface area contributed by atoms with Crippen molar-refractivity contribution in [3.63, 3.8) is 0 Å². The summed E-state index contributed by atoms with van der Waals surface area (Å²) in [6.07, 6.45) is 14.0. The molecule has 1 aromatic carbocycles. The predicted octanol–water partition coefficient (Wildman–Crippen LogP) is 5.78. The molecule has 1 aromatic rings. The lowest BCUT2D eigenvalue weighted by Crippen LogP contribution is -2.14. The van der Waals surface area contributed by atoms with E-state index in [1.807, 2.05) is 0 Å². The molecule has 2 aliphatic rings. The van der Waals surface area contributed by atoms with Gasteiger partial charge in [0.15, 0.2) is 0 Å². The van der Waals surface area contributed by atoms with Crippen LogP contribution in [0.4, 0.5) is 0 Å². The van der Waals surface area contributed by atoms with Crippen LogP contribution >= 0.6 is 0 Å². The highest BCUT2D eigenvalue weighted by atomic mass is 16.4. The molecule has 0 amide bonds. The van der Waals surface area contributed by atoms with Crippen LogP contribution in [-0.4, -0.2) is 11.1 Å². The minimum Gasteiger partial charge on any atom is -0.481 e. The first kappa shape index (κ1) is 17.5. The van der Waals surface area contributed by atoms with Gasteiger partial charge in [0.1, 0.15) is 0 Å². The van der Waals surface area contributed by atoms with Gasteiger partial charge in [-0.3, -0.25) is 4.79 Å². The Morgan fingerprint density at radius 1 is 0.917 bits per heavy atom. The van der Waals surface area contributed by atoms with Crippen molar-refractivity contribution in [2.75, 3.05) is 0 Å². The second-order valence-corrected chi connectivity index (χ2v) is 8.58. The number of aryl methyl sites for hydroxylation is 2. The van der Waals surface area contributed by atoms with Crippen molar-refractivity contribution in [1.29, 1.82) is 0 Å². The van der Waals surface area contributed by atoms with Gasteiger partial charge in [-0.25, -0.2) is 0 Å². The van der Waals surface area contributed by atoms with E-state index in [4.69, 9.17) is 0 Å². The fourth-order valence-electron chi connectivity index (χ4n) is 3.88. The molecule has 1 N–H and O–H groups in total. The van der Waals surface area contributed by atoms with E-state index >= 15 is 0 Å². The first-order chi connectivity index (χ1) is 11.5. The topological polar surface area (TPSA) is 37.3 Å². The van der Waals surface area contributed by atoms with Crippen LogP contribution in [0.25, 0.3) is 0 Å². The number of aliphatic carboxylic acids is 1. The lowest BCUT2D eigenvalue weighted by Gasteiger charge is -2.12. The van der Waals surface area contributed by atoms with Gasteiger partial charge in [0.05, 0.1) is 5.41 Å². The van der Waals surface area contributed by atoms with E-state index in [0.29, 0.717) is 5.41 Å². The van der Waals surface area contributed by atoms with Crippen LogP contribution in [-0.2, 0) is 17.6 Å². The third-order valence-electron chi connectivity index (χ3n) is 6.36. The summed E-state index contributed by atoms with van der Waals surface area (Å²) in [5.41, 5.74) is 3.33. The highest BCUT2D eigenvalue weighted by Crippen LogP contribution is 2.50. The molecule has 2 nitrogen and oxygen atoms in total. The van der Waals surface area contributed by atoms with Gasteiger partial charge in [0.25, 0.3) is 0 Å². The van der Waals surface area contributed by atoms with Crippen molar-refractivity contribution in [1.82, 2.24) is 0 Å². The summed E-state index contributed by atoms with van der Waals surface area (Å²) < 4.78 is 0. The Bertz CT molecular complexity index is 567. The lowest BCUT2D eigenvalue weighted by molar-refractivity contribution is -0.143. The van der Waals surface area contributed by atoms with Crippen molar-refractivity contribution in [2.45, 2.75) is 84.0 Å². The number of hydrogen-bond acceptors (Lipinski definition) is 1. The SMILES string of the molecule is CC1(CCCCc2ccccc2CCCCC2(C(=O)O)CC2)CC1. The monoisotopic (exact) mass is 328 g/mol. The average molecular weight is 328 g/mol. The maximum Gasteiger partial charge on any atom is 0.309 e. The Morgan fingerprint density at radius 2 is 1.46 bits per heavy atom. The summed E-state index contributed by atoms with van der Waals surface area (Å²) in [4.78, 5) is 11.2. The Kier molecular flexibility index (Phi) is 5.32. The van der Waals surface area contributed by atoms with Gasteiger partial charge in [-0.15, -0.1) is 0 Å². The van der Waals surface area contributed by atoms with E-state index in [2.05, 4.69) is 31.2 Å². The molecule has 0 heterocycles. The summed E-state index contributed by atoms with van der Waals surface area (Å²) in [5.74, 6) is -0.577. The molecular formula is C22H32O2. The molecule has 0 bridgehead atoms. The molecule has 3 rings (SSSR count). The van der Waals surface area contributed by atoms with Gasteiger partial charge in [-0.05, 0) is 80.8 Å². The Morgan fingerprint density at radius 3 is 1.92 bits per heavy atom. The van der Waals surface area contributed by atoms with Gasteiger partial charge in [-0.2, -0.15) is 0 Å². The van der Waals surface area contributed by atoms with Gasteiger partial charge >= 0.3 is 5.97 Å². The van der Waals surface area contributed by atoms with Gasteiger partial charge in [0, 0.05) is 0 Å². The first-order valence-corrected chi connectivity index (χ1v) is 9.83. The molecule has 0 radical (unpaired) electrons. The quantitative estimate of drug-likeness (QED) is 0.523. The maximum absolute atomic E-state index is 11.2. The summed E-state index contributed by atoms with van der Waals surface area (Å²) in [6.45, 7) is 2.42. The van der Waals surface area contributed by atoms with Gasteiger partial charge in [-0.1, -0.05) is 44.0 Å². The maximum atomic E-state index is 11.2. The molecule has 0 spiro atoms. The van der Waals surface area contributed by atoms with E-state index in [1.165, 1.54) is 49.7 Å². The van der Waals surface area contributed by atoms with Crippen molar-refractivity contribution in [3.05, 3.63) is 35.4 Å². The number of benzene rings is 1. The second kappa shape index (κ2) is 7.29. The van der Waals surface area contributed by atoms with Crippen molar-refractivity contribution in [2.24, 2.45) is 10.8 Å². The minimum absolute atomic E-state index is 0.349. The highest BCUT2D eigenvalue weighted by molar-refractivity contribution is 5.77. The predicted molar refractivity (Wildman–Crippen MR) is 98.2 cm³/mol. The second-order valence-electron chi connectivity index (χ2n) is 8.58. The third-order valence-corrected chi connectivity index (χ3v) is 6.36. The molecule has 0 unspecified atom stereocenters. The minimum atomic E-state index is -0.577. The fraction of sp³-hybridized carbons (Fsp3) is 0.682. The molecule has 132 valence electrons. The van der Waals surface area contributed by atoms with E-state index < -0.39 is 5.97 Å². The summed E-state index contributed by atoms with van der Waals surface area (Å²) in [5, 5.41) is 9.25. The molecule has 2 aliphatic carbocycles. The number of carboxylic acids is 1. The van der Waals surface area contributed by atoms with Crippen molar-refractivity contribution < 1.29 is 9.90 Å². The van der Waals surface area contributed by atoms with E-state index in [1.54, 1.807) is 0 Å². The molecule has 0 aliphatic heterocycles. The molecular weight excluding hydrogens is 296 g/mol. The van der Waals surface area contributed by atoms with Crippen molar-refractivity contribution >= 4 is 5.97 Å². The van der Waals surface area contributed by atoms with E-state index in [9.17, 15) is 9.90 Å². The number of hydrogen-bond donors (Lipinski definition) is 1. The summed E-state index contributed by atoms with van der Waals surface area (Å²) >= 11 is 0. The zero-order valence-electron chi connectivity index (χ0n) is 15.2. The molecule has 2 saturated carbocycles. The molecule has 2 fully saturated rings. The molecule has 24 heavy (non-hydrogen) atoms. The smallest absolute Gasteiger partial charge is 0.309 e. The number of unbranched alkanes of at least 4 members (excludes halogenated alkanes) is 2. The largest absolute Gasteiger partial charge is 0.481 e. The average Bonchev–Trinajstić information content (AvgIpc) is 3.48. The van der Waals surface area contributed by atoms with Crippen LogP contribution in [0.5, 0.6) is 0 Å². The zero-order valence-corrected chi connectivity index (χ0v) is 15.2. The Labute approximate surface area is 146 Å². The van der Waals surface area contributed by atoms with Crippen LogP contribution in [0.2, 0.25) is 0 Å². The molecule has 0 atom stereocenters. The molecule has 0 aromatic heterocycles. The number of carbonyl (C=O) groups is 1. The van der Waals surface area contributed by atoms with Gasteiger partial charge < -0.3 is 5.11 Å². The first-order valence-electron chi connectivity index (χ1n) is 9.83. The molecule has 2 heteroatoms. The van der Waals surface area contributed by atoms with Crippen molar-refractivity contribution in [3.8, 4) is 0 Å². The normalized spacial score (nSPS) is 19.9. The summed E-state index contributed by atoms with van der Waals surface area (Å²) in [6, 6.07) is 8.85. The lowest BCUT2D eigenvalue weighted by atomic mass is 9.93. The van der Waals surface area contributed by atoms with Crippen LogP contribution in [0.15, 0.2) is 24.3 Å². The number of carboxylic acid groups (broad SMARTS) is 1. The van der Waals surface area contributed by atoms with E-state index in [-0.39, 0.29) is 5.41 Å². The van der Waals surface area contributed by atoms with Crippen LogP contribution < -0.4 is 0 Å². The highest BCUT2D eigenvalue weighted by Gasteiger charge is 2.49. The fourth-order valence-corrected chi connectivity index (χ4v) is 3.88. The number of rotatable bonds is 11. The molecule has 0 saturated heterocycles. The Hall–Kier alpha value is -1.31. The van der Waals surface area contributed by atoms with Crippen LogP contribution in [0, 0.1) is 10.8 Å². The van der Waals surface area contributed by atoms with Crippen LogP contribution in [0.3, 0.4) is 0 Å². The zero-order chi connectivity index (χ0) is 17.0. The standard InChI is InChI=1S/C22H32O2/c1-21(14-15-21)12-6-4-10-18-8-2-3-9-19(18)11-5-7-13-22(16-17-22)20(23)24/h2-3,8-9H,4-7,10-17H2,1H3,(H,23,24).